The molecular formula is C8H20N2O3S. The summed E-state index contributed by atoms with van der Waals surface area (Å²) in [5, 5.41) is 8.53. The van der Waals surface area contributed by atoms with Gasteiger partial charge in [0.1, 0.15) is 0 Å². The third kappa shape index (κ3) is 3.53. The fourth-order valence-electron chi connectivity index (χ4n) is 1.23. The van der Waals surface area contributed by atoms with Gasteiger partial charge in [-0.05, 0) is 13.3 Å². The zero-order valence-electron chi connectivity index (χ0n) is 8.97. The molecule has 0 aromatic rings. The van der Waals surface area contributed by atoms with E-state index >= 15 is 0 Å². The third-order valence-electron chi connectivity index (χ3n) is 2.10. The molecule has 0 rings (SSSR count). The van der Waals surface area contributed by atoms with Crippen molar-refractivity contribution in [3.63, 3.8) is 0 Å². The first-order valence-corrected chi connectivity index (χ1v) is 6.19. The Morgan fingerprint density at radius 2 is 2.00 bits per heavy atom. The summed E-state index contributed by atoms with van der Waals surface area (Å²) in [5.41, 5.74) is 5.37. The van der Waals surface area contributed by atoms with Crippen LogP contribution in [0.5, 0.6) is 0 Å². The maximum absolute atomic E-state index is 11.8. The molecule has 2 atom stereocenters. The first-order valence-electron chi connectivity index (χ1n) is 4.69. The Morgan fingerprint density at radius 3 is 2.29 bits per heavy atom. The summed E-state index contributed by atoms with van der Waals surface area (Å²) >= 11 is 0. The van der Waals surface area contributed by atoms with Gasteiger partial charge in [-0.2, -0.15) is 0 Å². The second-order valence-corrected chi connectivity index (χ2v) is 5.76. The molecule has 2 unspecified atom stereocenters. The lowest BCUT2D eigenvalue weighted by Crippen LogP contribution is -2.42. The van der Waals surface area contributed by atoms with Gasteiger partial charge in [-0.3, -0.25) is 0 Å². The molecule has 0 amide bonds. The number of hydrogen-bond acceptors (Lipinski definition) is 4. The zero-order chi connectivity index (χ0) is 11.4. The predicted octanol–water partition coefficient (Wildman–Crippen LogP) is -0.634. The molecule has 0 radical (unpaired) electrons. The summed E-state index contributed by atoms with van der Waals surface area (Å²) in [5.74, 6) is 0. The van der Waals surface area contributed by atoms with Crippen LogP contribution >= 0.6 is 0 Å². The standard InChI is InChI=1S/C8H20N2O3S/c1-4-8(5-9)14(12,13)10(3)6-7(2)11/h7-8,11H,4-6,9H2,1-3H3. The largest absolute Gasteiger partial charge is 0.392 e. The van der Waals surface area contributed by atoms with E-state index in [4.69, 9.17) is 10.8 Å². The van der Waals surface area contributed by atoms with Crippen LogP contribution in [0.4, 0.5) is 0 Å². The van der Waals surface area contributed by atoms with Crippen molar-refractivity contribution in [1.29, 1.82) is 0 Å². The highest BCUT2D eigenvalue weighted by molar-refractivity contribution is 7.89. The molecule has 0 aliphatic heterocycles. The lowest BCUT2D eigenvalue weighted by molar-refractivity contribution is 0.170. The van der Waals surface area contributed by atoms with E-state index in [9.17, 15) is 8.42 Å². The third-order valence-corrected chi connectivity index (χ3v) is 4.48. The van der Waals surface area contributed by atoms with E-state index in [2.05, 4.69) is 0 Å². The second kappa shape index (κ2) is 5.65. The lowest BCUT2D eigenvalue weighted by atomic mass is 10.3. The van der Waals surface area contributed by atoms with Gasteiger partial charge in [0.15, 0.2) is 0 Å². The molecule has 0 saturated carbocycles. The molecule has 5 nitrogen and oxygen atoms in total. The fraction of sp³-hybridized carbons (Fsp3) is 1.00. The molecule has 14 heavy (non-hydrogen) atoms. The number of nitrogens with two attached hydrogens (primary N) is 1. The highest BCUT2D eigenvalue weighted by Crippen LogP contribution is 2.09. The second-order valence-electron chi connectivity index (χ2n) is 3.44. The lowest BCUT2D eigenvalue weighted by Gasteiger charge is -2.23. The summed E-state index contributed by atoms with van der Waals surface area (Å²) in [6.07, 6.45) is -0.173. The summed E-state index contributed by atoms with van der Waals surface area (Å²) < 4.78 is 24.7. The maximum atomic E-state index is 11.8. The van der Waals surface area contributed by atoms with Crippen LogP contribution in [0.15, 0.2) is 0 Å². The number of sulfonamides is 1. The van der Waals surface area contributed by atoms with Gasteiger partial charge in [0.25, 0.3) is 0 Å². The number of nitrogens with zero attached hydrogens (tertiary/aromatic N) is 1. The molecule has 0 fully saturated rings. The molecule has 0 bridgehead atoms. The average molecular weight is 224 g/mol. The van der Waals surface area contributed by atoms with Crippen LogP contribution in [-0.4, -0.2) is 49.3 Å². The van der Waals surface area contributed by atoms with Crippen molar-refractivity contribution in [2.45, 2.75) is 31.6 Å². The summed E-state index contributed by atoms with van der Waals surface area (Å²) in [6, 6.07) is 0. The minimum Gasteiger partial charge on any atom is -0.392 e. The minimum atomic E-state index is -3.35. The molecule has 3 N–H and O–H groups in total. The Labute approximate surface area is 85.9 Å². The monoisotopic (exact) mass is 224 g/mol. The number of rotatable bonds is 6. The summed E-state index contributed by atoms with van der Waals surface area (Å²) in [4.78, 5) is 0. The Balaban J connectivity index is 4.59. The van der Waals surface area contributed by atoms with Crippen molar-refractivity contribution < 1.29 is 13.5 Å². The van der Waals surface area contributed by atoms with Gasteiger partial charge in [-0.1, -0.05) is 6.92 Å². The number of hydrogen-bond donors (Lipinski definition) is 2. The molecular weight excluding hydrogens is 204 g/mol. The average Bonchev–Trinajstić information content (AvgIpc) is 2.04. The van der Waals surface area contributed by atoms with Crippen molar-refractivity contribution in [2.75, 3.05) is 20.1 Å². The number of aliphatic hydroxyl groups excluding tert-OH is 1. The van der Waals surface area contributed by atoms with E-state index in [0.29, 0.717) is 6.42 Å². The number of likely N-dealkylation sites (N-methyl/N-ethyl adjacent to an activating group) is 1. The van der Waals surface area contributed by atoms with Gasteiger partial charge in [-0.15, -0.1) is 0 Å². The molecule has 86 valence electrons. The fourth-order valence-corrected chi connectivity index (χ4v) is 2.83. The maximum Gasteiger partial charge on any atom is 0.218 e. The van der Waals surface area contributed by atoms with E-state index in [-0.39, 0.29) is 13.1 Å². The van der Waals surface area contributed by atoms with E-state index in [0.717, 1.165) is 0 Å². The molecule has 0 saturated heterocycles. The van der Waals surface area contributed by atoms with Crippen molar-refractivity contribution in [3.8, 4) is 0 Å². The highest BCUT2D eigenvalue weighted by atomic mass is 32.2. The van der Waals surface area contributed by atoms with Crippen molar-refractivity contribution in [2.24, 2.45) is 5.73 Å². The smallest absolute Gasteiger partial charge is 0.218 e. The Kier molecular flexibility index (Phi) is 5.58. The van der Waals surface area contributed by atoms with Crippen LogP contribution in [0.2, 0.25) is 0 Å². The predicted molar refractivity (Wildman–Crippen MR) is 56.4 cm³/mol. The van der Waals surface area contributed by atoms with Gasteiger partial charge in [0.2, 0.25) is 10.0 Å². The van der Waals surface area contributed by atoms with Crippen LogP contribution < -0.4 is 5.73 Å². The molecule has 0 spiro atoms. The summed E-state index contributed by atoms with van der Waals surface area (Å²) in [6.45, 7) is 3.56. The van der Waals surface area contributed by atoms with Crippen molar-refractivity contribution in [3.05, 3.63) is 0 Å². The summed E-state index contributed by atoms with van der Waals surface area (Å²) in [7, 11) is -1.89. The number of aliphatic hydroxyl groups is 1. The van der Waals surface area contributed by atoms with Crippen LogP contribution in [0, 0.1) is 0 Å². The van der Waals surface area contributed by atoms with Crippen LogP contribution in [0.1, 0.15) is 20.3 Å². The molecule has 6 heteroatoms. The van der Waals surface area contributed by atoms with E-state index in [1.807, 2.05) is 0 Å². The van der Waals surface area contributed by atoms with Gasteiger partial charge in [-0.25, -0.2) is 12.7 Å². The van der Waals surface area contributed by atoms with E-state index < -0.39 is 21.4 Å². The first kappa shape index (κ1) is 13.8. The van der Waals surface area contributed by atoms with Gasteiger partial charge >= 0.3 is 0 Å². The van der Waals surface area contributed by atoms with Crippen molar-refractivity contribution >= 4 is 10.0 Å². The minimum absolute atomic E-state index is 0.110. The van der Waals surface area contributed by atoms with E-state index in [1.54, 1.807) is 13.8 Å². The van der Waals surface area contributed by atoms with Crippen LogP contribution in [0.3, 0.4) is 0 Å². The Morgan fingerprint density at radius 1 is 1.50 bits per heavy atom. The Bertz CT molecular complexity index is 247. The topological polar surface area (TPSA) is 83.6 Å². The van der Waals surface area contributed by atoms with Gasteiger partial charge in [0.05, 0.1) is 11.4 Å². The molecule has 0 aliphatic rings. The molecule has 0 aromatic carbocycles. The molecule has 0 aromatic heterocycles. The normalized spacial score (nSPS) is 17.0. The SMILES string of the molecule is CCC(CN)S(=O)(=O)N(C)CC(C)O. The van der Waals surface area contributed by atoms with Gasteiger partial charge in [0, 0.05) is 20.1 Å². The molecule has 0 heterocycles. The van der Waals surface area contributed by atoms with E-state index in [1.165, 1.54) is 11.4 Å². The quantitative estimate of drug-likeness (QED) is 0.629. The first-order chi connectivity index (χ1) is 6.36. The van der Waals surface area contributed by atoms with Crippen LogP contribution in [0.25, 0.3) is 0 Å². The van der Waals surface area contributed by atoms with Crippen molar-refractivity contribution in [1.82, 2.24) is 4.31 Å². The van der Waals surface area contributed by atoms with Gasteiger partial charge < -0.3 is 10.8 Å². The Hall–Kier alpha value is -0.170. The highest BCUT2D eigenvalue weighted by Gasteiger charge is 2.27. The zero-order valence-corrected chi connectivity index (χ0v) is 9.79. The molecule has 0 aliphatic carbocycles. The van der Waals surface area contributed by atoms with Crippen LogP contribution in [-0.2, 0) is 10.0 Å².